The van der Waals surface area contributed by atoms with Crippen molar-refractivity contribution < 1.29 is 14.2 Å². The molecule has 1 aromatic rings. The van der Waals surface area contributed by atoms with Gasteiger partial charge >= 0.3 is 0 Å². The highest BCUT2D eigenvalue weighted by Crippen LogP contribution is 2.36. The Balaban J connectivity index is 1.72. The molecule has 6 nitrogen and oxygen atoms in total. The number of hydrogen-bond acceptors (Lipinski definition) is 4. The fourth-order valence-corrected chi connectivity index (χ4v) is 5.05. The van der Waals surface area contributed by atoms with Crippen molar-refractivity contribution >= 4 is 5.96 Å². The minimum absolute atomic E-state index is 0.00519. The van der Waals surface area contributed by atoms with E-state index in [0.29, 0.717) is 5.92 Å². The Morgan fingerprint density at radius 2 is 1.84 bits per heavy atom. The summed E-state index contributed by atoms with van der Waals surface area (Å²) < 4.78 is 17.2. The third-order valence-electron chi connectivity index (χ3n) is 6.87. The number of methoxy groups -OCH3 is 1. The van der Waals surface area contributed by atoms with Gasteiger partial charge in [-0.25, -0.2) is 0 Å². The van der Waals surface area contributed by atoms with Crippen molar-refractivity contribution in [3.8, 4) is 5.75 Å². The van der Waals surface area contributed by atoms with E-state index in [-0.39, 0.29) is 16.9 Å². The van der Waals surface area contributed by atoms with Gasteiger partial charge in [0, 0.05) is 44.2 Å². The zero-order chi connectivity index (χ0) is 23.0. The van der Waals surface area contributed by atoms with Crippen molar-refractivity contribution in [2.75, 3.05) is 46.6 Å². The average molecular weight is 446 g/mol. The molecule has 6 heteroatoms. The number of rotatable bonds is 7. The third-order valence-corrected chi connectivity index (χ3v) is 6.87. The maximum Gasteiger partial charge on any atom is 0.191 e. The summed E-state index contributed by atoms with van der Waals surface area (Å²) in [6.07, 6.45) is 4.55. The van der Waals surface area contributed by atoms with Gasteiger partial charge in [-0.3, -0.25) is 4.99 Å². The molecule has 2 atom stereocenters. The summed E-state index contributed by atoms with van der Waals surface area (Å²) in [6.45, 7) is 13.8. The molecule has 2 aliphatic rings. The molecule has 2 heterocycles. The molecule has 180 valence electrons. The Morgan fingerprint density at radius 3 is 2.47 bits per heavy atom. The summed E-state index contributed by atoms with van der Waals surface area (Å²) in [6, 6.07) is 8.48. The lowest BCUT2D eigenvalue weighted by Crippen LogP contribution is -2.48. The first-order chi connectivity index (χ1) is 15.4. The highest BCUT2D eigenvalue weighted by molar-refractivity contribution is 5.79. The highest BCUT2D eigenvalue weighted by atomic mass is 16.5. The number of benzene rings is 1. The summed E-state index contributed by atoms with van der Waals surface area (Å²) in [5.41, 5.74) is 1.45. The zero-order valence-corrected chi connectivity index (χ0v) is 20.7. The predicted octanol–water partition coefficient (Wildman–Crippen LogP) is 4.14. The molecule has 0 aliphatic carbocycles. The van der Waals surface area contributed by atoms with Crippen LogP contribution in [0.3, 0.4) is 0 Å². The number of hydrogen-bond donors (Lipinski definition) is 2. The van der Waals surface area contributed by atoms with Crippen molar-refractivity contribution in [3.05, 3.63) is 29.8 Å². The van der Waals surface area contributed by atoms with E-state index in [0.717, 1.165) is 70.4 Å². The number of aliphatic imine (C=N–C) groups is 1. The fraction of sp³-hybridized carbons (Fsp3) is 0.731. The van der Waals surface area contributed by atoms with Crippen LogP contribution in [0, 0.1) is 11.3 Å². The van der Waals surface area contributed by atoms with Crippen LogP contribution >= 0.6 is 0 Å². The van der Waals surface area contributed by atoms with E-state index in [9.17, 15) is 0 Å². The Morgan fingerprint density at radius 1 is 1.12 bits per heavy atom. The number of ether oxygens (including phenoxy) is 3. The van der Waals surface area contributed by atoms with E-state index < -0.39 is 0 Å². The molecule has 3 rings (SSSR count). The van der Waals surface area contributed by atoms with E-state index in [1.807, 2.05) is 0 Å². The van der Waals surface area contributed by atoms with Crippen LogP contribution in [0.5, 0.6) is 5.75 Å². The van der Waals surface area contributed by atoms with Gasteiger partial charge in [0.05, 0.1) is 19.8 Å². The van der Waals surface area contributed by atoms with Crippen molar-refractivity contribution in [2.24, 2.45) is 16.3 Å². The number of nitrogens with one attached hydrogen (secondary N) is 2. The topological polar surface area (TPSA) is 64.1 Å². The molecule has 2 fully saturated rings. The smallest absolute Gasteiger partial charge is 0.191 e. The van der Waals surface area contributed by atoms with Gasteiger partial charge in [-0.05, 0) is 55.7 Å². The lowest BCUT2D eigenvalue weighted by Gasteiger charge is -2.40. The average Bonchev–Trinajstić information content (AvgIpc) is 2.81. The summed E-state index contributed by atoms with van der Waals surface area (Å²) in [5, 5.41) is 7.08. The molecule has 2 unspecified atom stereocenters. The van der Waals surface area contributed by atoms with Crippen molar-refractivity contribution in [3.63, 3.8) is 0 Å². The van der Waals surface area contributed by atoms with Gasteiger partial charge in [0.1, 0.15) is 5.75 Å². The first-order valence-corrected chi connectivity index (χ1v) is 12.2. The Bertz CT molecular complexity index is 721. The summed E-state index contributed by atoms with van der Waals surface area (Å²) in [5.74, 6) is 2.27. The van der Waals surface area contributed by atoms with Crippen LogP contribution in [0.25, 0.3) is 0 Å². The van der Waals surface area contributed by atoms with Gasteiger partial charge in [-0.15, -0.1) is 0 Å². The molecule has 2 aliphatic heterocycles. The largest absolute Gasteiger partial charge is 0.497 e. The molecule has 0 radical (unpaired) electrons. The minimum Gasteiger partial charge on any atom is -0.497 e. The predicted molar refractivity (Wildman–Crippen MR) is 131 cm³/mol. The quantitative estimate of drug-likeness (QED) is 0.488. The van der Waals surface area contributed by atoms with Crippen LogP contribution in [0.15, 0.2) is 29.3 Å². The van der Waals surface area contributed by atoms with Gasteiger partial charge in [0.15, 0.2) is 5.96 Å². The first-order valence-electron chi connectivity index (χ1n) is 12.2. The van der Waals surface area contributed by atoms with Crippen LogP contribution in [0.1, 0.15) is 58.9 Å². The Hall–Kier alpha value is -1.79. The standard InChI is InChI=1S/C26H43N3O3/c1-6-27-24(28-18-20-8-7-15-32-23(20)25(2,3)4)29-19-26(13-16-31-17-14-26)21-9-11-22(30-5)12-10-21/h9-12,20,23H,6-8,13-19H2,1-5H3,(H2,27,28,29). The van der Waals surface area contributed by atoms with E-state index in [1.165, 1.54) is 12.0 Å². The molecule has 0 amide bonds. The van der Waals surface area contributed by atoms with Crippen LogP contribution in [0.2, 0.25) is 0 Å². The Labute approximate surface area is 194 Å². The van der Waals surface area contributed by atoms with E-state index in [2.05, 4.69) is 62.6 Å². The van der Waals surface area contributed by atoms with Crippen molar-refractivity contribution in [1.82, 2.24) is 10.6 Å². The second kappa shape index (κ2) is 11.4. The summed E-state index contributed by atoms with van der Waals surface area (Å²) in [7, 11) is 1.71. The van der Waals surface area contributed by atoms with Gasteiger partial charge in [0.2, 0.25) is 0 Å². The molecule has 32 heavy (non-hydrogen) atoms. The maximum atomic E-state index is 6.17. The summed E-state index contributed by atoms with van der Waals surface area (Å²) >= 11 is 0. The molecule has 0 bridgehead atoms. The fourth-order valence-electron chi connectivity index (χ4n) is 5.05. The lowest BCUT2D eigenvalue weighted by atomic mass is 9.74. The highest BCUT2D eigenvalue weighted by Gasteiger charge is 2.36. The van der Waals surface area contributed by atoms with Gasteiger partial charge < -0.3 is 24.8 Å². The van der Waals surface area contributed by atoms with Crippen LogP contribution in [-0.2, 0) is 14.9 Å². The molecular formula is C26H43N3O3. The van der Waals surface area contributed by atoms with E-state index in [1.54, 1.807) is 7.11 Å². The van der Waals surface area contributed by atoms with Crippen LogP contribution < -0.4 is 15.4 Å². The normalized spacial score (nSPS) is 24.1. The molecule has 0 spiro atoms. The zero-order valence-electron chi connectivity index (χ0n) is 20.7. The van der Waals surface area contributed by atoms with Gasteiger partial charge in [0.25, 0.3) is 0 Å². The number of nitrogens with zero attached hydrogens (tertiary/aromatic N) is 1. The second-order valence-electron chi connectivity index (χ2n) is 10.3. The first kappa shape index (κ1) is 24.8. The molecule has 1 aromatic carbocycles. The van der Waals surface area contributed by atoms with E-state index in [4.69, 9.17) is 19.2 Å². The second-order valence-corrected chi connectivity index (χ2v) is 10.3. The SMILES string of the molecule is CCNC(=NCC1(c2ccc(OC)cc2)CCOCC1)NCC1CCCOC1C(C)(C)C. The molecule has 0 aromatic heterocycles. The van der Waals surface area contributed by atoms with Crippen LogP contribution in [0.4, 0.5) is 0 Å². The monoisotopic (exact) mass is 445 g/mol. The van der Waals surface area contributed by atoms with Crippen molar-refractivity contribution in [2.45, 2.75) is 64.9 Å². The minimum atomic E-state index is -0.00519. The lowest BCUT2D eigenvalue weighted by molar-refractivity contribution is -0.0835. The number of guanidine groups is 1. The summed E-state index contributed by atoms with van der Waals surface area (Å²) in [4.78, 5) is 5.07. The maximum absolute atomic E-state index is 6.17. The third kappa shape index (κ3) is 6.38. The Kier molecular flexibility index (Phi) is 8.83. The van der Waals surface area contributed by atoms with Gasteiger partial charge in [-0.1, -0.05) is 32.9 Å². The molecule has 2 saturated heterocycles. The van der Waals surface area contributed by atoms with Crippen molar-refractivity contribution in [1.29, 1.82) is 0 Å². The van der Waals surface area contributed by atoms with E-state index >= 15 is 0 Å². The molecule has 2 N–H and O–H groups in total. The van der Waals surface area contributed by atoms with Gasteiger partial charge in [-0.2, -0.15) is 0 Å². The molecular weight excluding hydrogens is 402 g/mol. The molecule has 0 saturated carbocycles. The van der Waals surface area contributed by atoms with Crippen LogP contribution in [-0.4, -0.2) is 58.6 Å².